The number of benzene rings is 1. The van der Waals surface area contributed by atoms with Crippen LogP contribution in [0.25, 0.3) is 0 Å². The quantitative estimate of drug-likeness (QED) is 0.451. The van der Waals surface area contributed by atoms with Gasteiger partial charge in [0.25, 0.3) is 5.91 Å². The van der Waals surface area contributed by atoms with Crippen LogP contribution in [0.4, 0.5) is 0 Å². The number of carbonyl (C=O) groups is 2. The average Bonchev–Trinajstić information content (AvgIpc) is 2.84. The van der Waals surface area contributed by atoms with Gasteiger partial charge < -0.3 is 21.1 Å². The highest BCUT2D eigenvalue weighted by molar-refractivity contribution is 5.96. The molecule has 1 aliphatic rings. The van der Waals surface area contributed by atoms with Gasteiger partial charge in [0.05, 0.1) is 0 Å². The molecule has 0 atom stereocenters. The maximum Gasteiger partial charge on any atom is 0.255 e. The Morgan fingerprint density at radius 1 is 1.14 bits per heavy atom. The summed E-state index contributed by atoms with van der Waals surface area (Å²) in [5.74, 6) is 0.124. The highest BCUT2D eigenvalue weighted by Gasteiger charge is 2.39. The van der Waals surface area contributed by atoms with E-state index in [-0.39, 0.29) is 23.6 Å². The molecule has 0 radical (unpaired) electrons. The van der Waals surface area contributed by atoms with Gasteiger partial charge in [0.1, 0.15) is 5.75 Å². The second-order valence-electron chi connectivity index (χ2n) is 8.18. The molecule has 0 saturated carbocycles. The number of amides is 2. The second-order valence-corrected chi connectivity index (χ2v) is 8.18. The number of para-hydroxylation sites is 1. The second kappa shape index (κ2) is 9.21. The van der Waals surface area contributed by atoms with Gasteiger partial charge in [0, 0.05) is 35.3 Å². The summed E-state index contributed by atoms with van der Waals surface area (Å²) in [7, 11) is 0. The highest BCUT2D eigenvalue weighted by Crippen LogP contribution is 2.29. The van der Waals surface area contributed by atoms with E-state index >= 15 is 0 Å². The Hall–Kier alpha value is -2.38. The van der Waals surface area contributed by atoms with Gasteiger partial charge in [-0.15, -0.1) is 0 Å². The lowest BCUT2D eigenvalue weighted by atomic mass is 9.96. The number of nitrogens with one attached hydrogen (secondary N) is 3. The minimum Gasteiger partial charge on any atom is -0.483 e. The first kappa shape index (κ1) is 21.9. The van der Waals surface area contributed by atoms with Crippen LogP contribution in [0.3, 0.4) is 0 Å². The standard InChI is InChI=1S/C21H32N4O3/c1-20(2)12-16(21(3,4)25-20)19(27)24-11-7-10-23-13-15-8-5-6-9-17(15)28-14-18(22)26/h5-6,8-9,12,23,25H,7,10-11,13-14H2,1-4H3,(H2,22,26)(H,24,27). The van der Waals surface area contributed by atoms with Crippen molar-refractivity contribution in [1.82, 2.24) is 16.0 Å². The van der Waals surface area contributed by atoms with Crippen LogP contribution in [0.15, 0.2) is 35.9 Å². The molecule has 1 aromatic rings. The van der Waals surface area contributed by atoms with Gasteiger partial charge >= 0.3 is 0 Å². The Balaban J connectivity index is 1.72. The first-order valence-corrected chi connectivity index (χ1v) is 9.61. The van der Waals surface area contributed by atoms with Crippen molar-refractivity contribution in [1.29, 1.82) is 0 Å². The van der Waals surface area contributed by atoms with Gasteiger partial charge in [-0.2, -0.15) is 0 Å². The molecule has 0 saturated heterocycles. The van der Waals surface area contributed by atoms with Crippen molar-refractivity contribution < 1.29 is 14.3 Å². The van der Waals surface area contributed by atoms with Gasteiger partial charge in [-0.1, -0.05) is 24.3 Å². The molecule has 0 unspecified atom stereocenters. The molecule has 5 N–H and O–H groups in total. The maximum atomic E-state index is 12.5. The van der Waals surface area contributed by atoms with Crippen LogP contribution < -0.4 is 26.4 Å². The van der Waals surface area contributed by atoms with Crippen molar-refractivity contribution in [3.8, 4) is 5.75 Å². The zero-order valence-electron chi connectivity index (χ0n) is 17.2. The number of ether oxygens (including phenoxy) is 1. The lowest BCUT2D eigenvalue weighted by Gasteiger charge is -2.27. The Bertz CT molecular complexity index is 741. The third-order valence-electron chi connectivity index (χ3n) is 4.53. The fraction of sp³-hybridized carbons (Fsp3) is 0.524. The molecule has 1 aliphatic heterocycles. The number of nitrogens with two attached hydrogens (primary N) is 1. The first-order valence-electron chi connectivity index (χ1n) is 9.61. The molecule has 7 nitrogen and oxygen atoms in total. The molecule has 0 bridgehead atoms. The summed E-state index contributed by atoms with van der Waals surface area (Å²) in [6, 6.07) is 7.52. The molecule has 2 amide bonds. The molecule has 0 fully saturated rings. The molecule has 1 aromatic carbocycles. The van der Waals surface area contributed by atoms with Gasteiger partial charge in [-0.05, 0) is 46.7 Å². The number of hydrogen-bond donors (Lipinski definition) is 4. The predicted molar refractivity (Wildman–Crippen MR) is 110 cm³/mol. The minimum absolute atomic E-state index is 0.0201. The van der Waals surface area contributed by atoms with E-state index < -0.39 is 5.91 Å². The molecule has 1 heterocycles. The fourth-order valence-electron chi connectivity index (χ4n) is 3.47. The Kier molecular flexibility index (Phi) is 7.21. The van der Waals surface area contributed by atoms with E-state index in [1.165, 1.54) is 0 Å². The summed E-state index contributed by atoms with van der Waals surface area (Å²) in [4.78, 5) is 23.4. The Labute approximate surface area is 167 Å². The molecule has 2 rings (SSSR count). The van der Waals surface area contributed by atoms with Crippen molar-refractivity contribution in [3.63, 3.8) is 0 Å². The normalized spacial score (nSPS) is 17.1. The van der Waals surface area contributed by atoms with Crippen molar-refractivity contribution in [2.45, 2.75) is 51.7 Å². The third kappa shape index (κ3) is 6.35. The highest BCUT2D eigenvalue weighted by atomic mass is 16.5. The van der Waals surface area contributed by atoms with E-state index in [0.29, 0.717) is 18.8 Å². The minimum atomic E-state index is -0.502. The Morgan fingerprint density at radius 2 is 1.86 bits per heavy atom. The zero-order chi connectivity index (χ0) is 20.8. The molecule has 0 aromatic heterocycles. The van der Waals surface area contributed by atoms with Gasteiger partial charge in [-0.25, -0.2) is 0 Å². The van der Waals surface area contributed by atoms with E-state index in [1.54, 1.807) is 0 Å². The largest absolute Gasteiger partial charge is 0.483 e. The Morgan fingerprint density at radius 3 is 2.50 bits per heavy atom. The number of hydrogen-bond acceptors (Lipinski definition) is 5. The number of carbonyl (C=O) groups excluding carboxylic acids is 2. The van der Waals surface area contributed by atoms with Gasteiger partial charge in [-0.3, -0.25) is 14.9 Å². The first-order chi connectivity index (χ1) is 13.1. The van der Waals surface area contributed by atoms with Gasteiger partial charge in [0.15, 0.2) is 6.61 Å². The molecule has 0 spiro atoms. The van der Waals surface area contributed by atoms with Gasteiger partial charge in [0.2, 0.25) is 5.91 Å². The molecule has 154 valence electrons. The molecule has 7 heteroatoms. The number of rotatable bonds is 10. The number of primary amides is 1. The topological polar surface area (TPSA) is 105 Å². The van der Waals surface area contributed by atoms with E-state index in [0.717, 1.165) is 24.1 Å². The summed E-state index contributed by atoms with van der Waals surface area (Å²) < 4.78 is 5.42. The molecular weight excluding hydrogens is 356 g/mol. The SMILES string of the molecule is CC1(C)C=C(C(=O)NCCCNCc2ccccc2OCC(N)=O)C(C)(C)N1. The van der Waals surface area contributed by atoms with Crippen LogP contribution in [0, 0.1) is 0 Å². The molecule has 28 heavy (non-hydrogen) atoms. The average molecular weight is 389 g/mol. The van der Waals surface area contributed by atoms with Crippen molar-refractivity contribution in [3.05, 3.63) is 41.5 Å². The summed E-state index contributed by atoms with van der Waals surface area (Å²) >= 11 is 0. The third-order valence-corrected chi connectivity index (χ3v) is 4.53. The van der Waals surface area contributed by atoms with E-state index in [4.69, 9.17) is 10.5 Å². The predicted octanol–water partition coefficient (Wildman–Crippen LogP) is 1.23. The monoisotopic (exact) mass is 388 g/mol. The lowest BCUT2D eigenvalue weighted by molar-refractivity contribution is -0.120. The van der Waals surface area contributed by atoms with Crippen LogP contribution in [0.5, 0.6) is 5.75 Å². The van der Waals surface area contributed by atoms with E-state index in [9.17, 15) is 9.59 Å². The van der Waals surface area contributed by atoms with Crippen LogP contribution in [0.2, 0.25) is 0 Å². The molecule has 0 aliphatic carbocycles. The fourth-order valence-corrected chi connectivity index (χ4v) is 3.47. The summed E-state index contributed by atoms with van der Waals surface area (Å²) in [6.07, 6.45) is 2.81. The van der Waals surface area contributed by atoms with Crippen LogP contribution in [-0.2, 0) is 16.1 Å². The van der Waals surface area contributed by atoms with Crippen molar-refractivity contribution in [2.24, 2.45) is 5.73 Å². The lowest BCUT2D eigenvalue weighted by Crippen LogP contribution is -2.47. The van der Waals surface area contributed by atoms with Crippen molar-refractivity contribution in [2.75, 3.05) is 19.7 Å². The molecular formula is C21H32N4O3. The summed E-state index contributed by atoms with van der Waals surface area (Å²) in [5, 5.41) is 9.77. The van der Waals surface area contributed by atoms with Crippen molar-refractivity contribution >= 4 is 11.8 Å². The maximum absolute atomic E-state index is 12.5. The van der Waals surface area contributed by atoms with E-state index in [1.807, 2.05) is 44.2 Å². The van der Waals surface area contributed by atoms with Crippen LogP contribution in [0.1, 0.15) is 39.7 Å². The summed E-state index contributed by atoms with van der Waals surface area (Å²) in [5.41, 5.74) is 6.35. The smallest absolute Gasteiger partial charge is 0.255 e. The van der Waals surface area contributed by atoms with Crippen LogP contribution >= 0.6 is 0 Å². The summed E-state index contributed by atoms with van der Waals surface area (Å²) in [6.45, 7) is 9.98. The van der Waals surface area contributed by atoms with E-state index in [2.05, 4.69) is 29.8 Å². The zero-order valence-corrected chi connectivity index (χ0v) is 17.2. The van der Waals surface area contributed by atoms with Crippen LogP contribution in [-0.4, -0.2) is 42.6 Å².